The third kappa shape index (κ3) is 4.15. The third-order valence-electron chi connectivity index (χ3n) is 8.81. The first-order chi connectivity index (χ1) is 19.5. The molecule has 0 aliphatic carbocycles. The Morgan fingerprint density at radius 3 is 1.27 bits per heavy atom. The summed E-state index contributed by atoms with van der Waals surface area (Å²) < 4.78 is 0. The Morgan fingerprint density at radius 2 is 0.875 bits per heavy atom. The van der Waals surface area contributed by atoms with Crippen LogP contribution < -0.4 is 9.80 Å². The number of anilines is 2. The Bertz CT molecular complexity index is 1420. The molecule has 8 heteroatoms. The van der Waals surface area contributed by atoms with Gasteiger partial charge in [0, 0.05) is 26.2 Å². The fourth-order valence-corrected chi connectivity index (χ4v) is 6.66. The number of imide groups is 2. The minimum Gasteiger partial charge on any atom is -0.287 e. The van der Waals surface area contributed by atoms with Crippen molar-refractivity contribution in [2.75, 3.05) is 22.9 Å². The number of carbonyl (C=O) groups excluding carboxylic acids is 4. The van der Waals surface area contributed by atoms with E-state index >= 15 is 0 Å². The van der Waals surface area contributed by atoms with Crippen LogP contribution >= 0.6 is 0 Å². The summed E-state index contributed by atoms with van der Waals surface area (Å²) in [5, 5.41) is 0. The van der Waals surface area contributed by atoms with Crippen molar-refractivity contribution >= 4 is 35.0 Å². The van der Waals surface area contributed by atoms with E-state index in [1.54, 1.807) is 24.3 Å². The van der Waals surface area contributed by atoms with Gasteiger partial charge >= 0.3 is 0 Å². The molecule has 0 N–H and O–H groups in total. The largest absolute Gasteiger partial charge is 0.287 e. The van der Waals surface area contributed by atoms with Crippen LogP contribution in [0.5, 0.6) is 0 Å². The van der Waals surface area contributed by atoms with Gasteiger partial charge in [-0.15, -0.1) is 0 Å². The van der Waals surface area contributed by atoms with Crippen molar-refractivity contribution in [3.05, 3.63) is 95.1 Å². The second-order valence-electron chi connectivity index (χ2n) is 11.1. The van der Waals surface area contributed by atoms with E-state index in [1.165, 1.54) is 32.1 Å². The first kappa shape index (κ1) is 24.9. The summed E-state index contributed by atoms with van der Waals surface area (Å²) in [6.07, 6.45) is 2.00. The molecule has 3 aromatic rings. The molecule has 0 spiro atoms. The van der Waals surface area contributed by atoms with E-state index in [0.29, 0.717) is 24.5 Å². The molecule has 2 fully saturated rings. The fourth-order valence-electron chi connectivity index (χ4n) is 6.66. The van der Waals surface area contributed by atoms with E-state index < -0.39 is 12.1 Å². The lowest BCUT2D eigenvalue weighted by molar-refractivity contribution is -0.124. The van der Waals surface area contributed by atoms with Crippen LogP contribution in [0.25, 0.3) is 0 Å². The molecule has 0 radical (unpaired) electrons. The topological polar surface area (TPSA) is 81.2 Å². The van der Waals surface area contributed by atoms with Gasteiger partial charge in [0.25, 0.3) is 11.8 Å². The number of hydrogen-bond donors (Lipinski definition) is 0. The van der Waals surface area contributed by atoms with Gasteiger partial charge < -0.3 is 0 Å². The van der Waals surface area contributed by atoms with Crippen LogP contribution in [0, 0.1) is 0 Å². The van der Waals surface area contributed by atoms with Crippen LogP contribution in [0.15, 0.2) is 72.8 Å². The van der Waals surface area contributed by atoms with E-state index in [9.17, 15) is 19.2 Å². The summed E-state index contributed by atoms with van der Waals surface area (Å²) in [6.45, 7) is 2.76. The summed E-state index contributed by atoms with van der Waals surface area (Å²) in [5.74, 6) is -0.924. The van der Waals surface area contributed by atoms with Crippen LogP contribution in [-0.2, 0) is 45.1 Å². The summed E-state index contributed by atoms with van der Waals surface area (Å²) in [6, 6.07) is 22.1. The van der Waals surface area contributed by atoms with Gasteiger partial charge in [-0.1, -0.05) is 48.5 Å². The maximum absolute atomic E-state index is 13.4. The van der Waals surface area contributed by atoms with E-state index in [-0.39, 0.29) is 36.5 Å². The molecule has 4 heterocycles. The van der Waals surface area contributed by atoms with E-state index in [0.717, 1.165) is 25.9 Å². The quantitative estimate of drug-likeness (QED) is 0.479. The number of nitrogens with zero attached hydrogens (tertiary/aromatic N) is 4. The summed E-state index contributed by atoms with van der Waals surface area (Å²) in [5.41, 5.74) is 5.90. The molecule has 3 aromatic carbocycles. The van der Waals surface area contributed by atoms with Crippen molar-refractivity contribution in [3.8, 4) is 0 Å². The first-order valence-corrected chi connectivity index (χ1v) is 13.9. The maximum Gasteiger partial charge on any atom is 0.251 e. The monoisotopic (exact) mass is 534 g/mol. The highest BCUT2D eigenvalue weighted by Gasteiger charge is 2.45. The molecule has 0 bridgehead atoms. The number of amides is 4. The SMILES string of the molecule is O=C1C[C@@H](N2CCc3ccccc3C2)C(=O)N1c1ccc(N2C(=O)C[C@H](N3CCc4ccccc4C3)C2=O)cc1. The lowest BCUT2D eigenvalue weighted by Crippen LogP contribution is -2.44. The zero-order valence-electron chi connectivity index (χ0n) is 22.2. The molecule has 0 unspecified atom stereocenters. The van der Waals surface area contributed by atoms with Gasteiger partial charge in [0.05, 0.1) is 36.3 Å². The average molecular weight is 535 g/mol. The molecule has 8 nitrogen and oxygen atoms in total. The van der Waals surface area contributed by atoms with Gasteiger partial charge in [-0.3, -0.25) is 29.0 Å². The summed E-state index contributed by atoms with van der Waals surface area (Å²) in [4.78, 5) is 59.5. The lowest BCUT2D eigenvalue weighted by atomic mass is 9.98. The van der Waals surface area contributed by atoms with Gasteiger partial charge in [0.2, 0.25) is 11.8 Å². The Kier molecular flexibility index (Phi) is 6.09. The highest BCUT2D eigenvalue weighted by molar-refractivity contribution is 6.24. The van der Waals surface area contributed by atoms with Crippen LogP contribution in [-0.4, -0.2) is 58.6 Å². The van der Waals surface area contributed by atoms with Crippen LogP contribution in [0.1, 0.15) is 35.1 Å². The van der Waals surface area contributed by atoms with Gasteiger partial charge in [-0.05, 0) is 59.4 Å². The Labute approximate surface area is 232 Å². The van der Waals surface area contributed by atoms with Crippen LogP contribution in [0.2, 0.25) is 0 Å². The highest BCUT2D eigenvalue weighted by atomic mass is 16.2. The molecule has 7 rings (SSSR count). The van der Waals surface area contributed by atoms with Crippen molar-refractivity contribution in [1.29, 1.82) is 0 Å². The lowest BCUT2D eigenvalue weighted by Gasteiger charge is -2.32. The highest BCUT2D eigenvalue weighted by Crippen LogP contribution is 2.33. The molecule has 40 heavy (non-hydrogen) atoms. The predicted octanol–water partition coefficient (Wildman–Crippen LogP) is 3.07. The number of hydrogen-bond acceptors (Lipinski definition) is 6. The Balaban J connectivity index is 1.05. The van der Waals surface area contributed by atoms with Crippen molar-refractivity contribution < 1.29 is 19.2 Å². The number of rotatable bonds is 4. The maximum atomic E-state index is 13.4. The van der Waals surface area contributed by atoms with E-state index in [2.05, 4.69) is 34.1 Å². The molecule has 202 valence electrons. The number of fused-ring (bicyclic) bond motifs is 2. The molecule has 4 aliphatic heterocycles. The molecule has 4 amide bonds. The zero-order valence-corrected chi connectivity index (χ0v) is 22.2. The molecule has 0 saturated carbocycles. The van der Waals surface area contributed by atoms with Crippen LogP contribution in [0.4, 0.5) is 11.4 Å². The minimum absolute atomic E-state index is 0.145. The molecular weight excluding hydrogens is 504 g/mol. The smallest absolute Gasteiger partial charge is 0.251 e. The Hall–Kier alpha value is -4.14. The van der Waals surface area contributed by atoms with E-state index in [1.807, 2.05) is 24.3 Å². The van der Waals surface area contributed by atoms with Gasteiger partial charge in [0.15, 0.2) is 0 Å². The minimum atomic E-state index is -0.488. The fraction of sp³-hybridized carbons (Fsp3) is 0.312. The van der Waals surface area contributed by atoms with Crippen molar-refractivity contribution in [1.82, 2.24) is 9.80 Å². The van der Waals surface area contributed by atoms with Crippen molar-refractivity contribution in [3.63, 3.8) is 0 Å². The normalized spacial score (nSPS) is 23.6. The second-order valence-corrected chi connectivity index (χ2v) is 11.1. The number of carbonyl (C=O) groups is 4. The van der Waals surface area contributed by atoms with Gasteiger partial charge in [-0.2, -0.15) is 0 Å². The Morgan fingerprint density at radius 1 is 0.500 bits per heavy atom. The molecule has 0 aromatic heterocycles. The van der Waals surface area contributed by atoms with Crippen molar-refractivity contribution in [2.45, 2.75) is 50.9 Å². The first-order valence-electron chi connectivity index (χ1n) is 13.9. The zero-order chi connectivity index (χ0) is 27.4. The van der Waals surface area contributed by atoms with Crippen LogP contribution in [0.3, 0.4) is 0 Å². The predicted molar refractivity (Wildman–Crippen MR) is 149 cm³/mol. The molecule has 4 aliphatic rings. The average Bonchev–Trinajstić information content (AvgIpc) is 3.45. The standard InChI is InChI=1S/C32H30N4O4/c37-29-17-27(33-15-13-21-5-1-3-7-23(21)19-33)31(39)35(29)25-9-11-26(12-10-25)36-30(38)18-28(32(36)40)34-16-14-22-6-2-4-8-24(22)20-34/h1-12,27-28H,13-20H2/t27-,28+. The molecule has 2 saturated heterocycles. The van der Waals surface area contributed by atoms with Crippen molar-refractivity contribution in [2.24, 2.45) is 0 Å². The van der Waals surface area contributed by atoms with Gasteiger partial charge in [0.1, 0.15) is 0 Å². The summed E-state index contributed by atoms with van der Waals surface area (Å²) >= 11 is 0. The van der Waals surface area contributed by atoms with E-state index in [4.69, 9.17) is 0 Å². The summed E-state index contributed by atoms with van der Waals surface area (Å²) in [7, 11) is 0. The molecular formula is C32H30N4O4. The third-order valence-corrected chi connectivity index (χ3v) is 8.81. The second kappa shape index (κ2) is 9.80. The molecule has 2 atom stereocenters. The van der Waals surface area contributed by atoms with Gasteiger partial charge in [-0.25, -0.2) is 9.80 Å². The number of benzene rings is 3.